The third-order valence-electron chi connectivity index (χ3n) is 3.51. The van der Waals surface area contributed by atoms with Crippen LogP contribution >= 0.6 is 15.9 Å². The second kappa shape index (κ2) is 5.66. The molecule has 4 nitrogen and oxygen atoms in total. The summed E-state index contributed by atoms with van der Waals surface area (Å²) in [5.41, 5.74) is 3.37. The molecule has 106 valence electrons. The van der Waals surface area contributed by atoms with Gasteiger partial charge in [0.2, 0.25) is 11.7 Å². The minimum absolute atomic E-state index is 0.671. The van der Waals surface area contributed by atoms with E-state index in [9.17, 15) is 0 Å². The summed E-state index contributed by atoms with van der Waals surface area (Å²) < 4.78 is 6.46. The van der Waals surface area contributed by atoms with Crippen LogP contribution in [0.5, 0.6) is 0 Å². The summed E-state index contributed by atoms with van der Waals surface area (Å²) in [6.45, 7) is 5.05. The first kappa shape index (κ1) is 13.8. The zero-order valence-electron chi connectivity index (χ0n) is 11.7. The topological polar surface area (TPSA) is 51.0 Å². The Morgan fingerprint density at radius 1 is 1.30 bits per heavy atom. The van der Waals surface area contributed by atoms with E-state index in [0.717, 1.165) is 23.0 Å². The van der Waals surface area contributed by atoms with Crippen LogP contribution in [0.4, 0.5) is 0 Å². The maximum absolute atomic E-state index is 5.32. The molecule has 0 atom stereocenters. The summed E-state index contributed by atoms with van der Waals surface area (Å²) in [4.78, 5) is 4.48. The molecule has 0 bridgehead atoms. The molecule has 0 unspecified atom stereocenters. The summed E-state index contributed by atoms with van der Waals surface area (Å²) in [6.07, 6.45) is 3.39. The van der Waals surface area contributed by atoms with Gasteiger partial charge in [0.05, 0.1) is 0 Å². The fraction of sp³-hybridized carbons (Fsp3) is 0.467. The Balaban J connectivity index is 1.71. The average molecular weight is 336 g/mol. The minimum Gasteiger partial charge on any atom is -0.339 e. The first-order chi connectivity index (χ1) is 9.63. The highest BCUT2D eigenvalue weighted by molar-refractivity contribution is 9.10. The van der Waals surface area contributed by atoms with Crippen molar-refractivity contribution in [3.05, 3.63) is 33.6 Å². The van der Waals surface area contributed by atoms with Gasteiger partial charge in [0.25, 0.3) is 0 Å². The SMILES string of the molecule is Cc1cc(-c2noc(CCNC3CC3)n2)cc(C)c1Br. The van der Waals surface area contributed by atoms with Gasteiger partial charge in [-0.2, -0.15) is 4.98 Å². The lowest BCUT2D eigenvalue weighted by molar-refractivity contribution is 0.376. The van der Waals surface area contributed by atoms with E-state index in [0.29, 0.717) is 17.8 Å². The van der Waals surface area contributed by atoms with Crippen molar-refractivity contribution in [3.63, 3.8) is 0 Å². The van der Waals surface area contributed by atoms with Gasteiger partial charge in [0, 0.05) is 29.0 Å². The fourth-order valence-corrected chi connectivity index (χ4v) is 2.45. The number of rotatable bonds is 5. The lowest BCUT2D eigenvalue weighted by Gasteiger charge is -2.04. The maximum Gasteiger partial charge on any atom is 0.228 e. The number of aromatic nitrogens is 2. The number of hydrogen-bond acceptors (Lipinski definition) is 4. The third-order valence-corrected chi connectivity index (χ3v) is 4.76. The molecule has 0 amide bonds. The second-order valence-electron chi connectivity index (χ2n) is 5.41. The Labute approximate surface area is 127 Å². The van der Waals surface area contributed by atoms with Gasteiger partial charge in [-0.1, -0.05) is 21.1 Å². The molecule has 0 aliphatic heterocycles. The molecule has 1 aliphatic rings. The van der Waals surface area contributed by atoms with E-state index >= 15 is 0 Å². The fourth-order valence-electron chi connectivity index (χ4n) is 2.22. The van der Waals surface area contributed by atoms with Gasteiger partial charge in [-0.05, 0) is 49.9 Å². The van der Waals surface area contributed by atoms with Crippen molar-refractivity contribution in [2.45, 2.75) is 39.2 Å². The van der Waals surface area contributed by atoms with Gasteiger partial charge in [0.15, 0.2) is 0 Å². The molecule has 5 heteroatoms. The maximum atomic E-state index is 5.32. The molecule has 1 aromatic carbocycles. The second-order valence-corrected chi connectivity index (χ2v) is 6.21. The summed E-state index contributed by atoms with van der Waals surface area (Å²) >= 11 is 3.57. The first-order valence-corrected chi connectivity index (χ1v) is 7.76. The number of benzene rings is 1. The van der Waals surface area contributed by atoms with Crippen molar-refractivity contribution in [1.29, 1.82) is 0 Å². The lowest BCUT2D eigenvalue weighted by Crippen LogP contribution is -2.19. The predicted octanol–water partition coefficient (Wildman–Crippen LogP) is 3.41. The summed E-state index contributed by atoms with van der Waals surface area (Å²) in [5.74, 6) is 1.37. The number of nitrogens with one attached hydrogen (secondary N) is 1. The van der Waals surface area contributed by atoms with E-state index in [1.807, 2.05) is 0 Å². The normalized spacial score (nSPS) is 14.8. The van der Waals surface area contributed by atoms with Crippen LogP contribution in [0.25, 0.3) is 11.4 Å². The number of aryl methyl sites for hydroxylation is 2. The van der Waals surface area contributed by atoms with Crippen molar-refractivity contribution in [1.82, 2.24) is 15.5 Å². The monoisotopic (exact) mass is 335 g/mol. The largest absolute Gasteiger partial charge is 0.339 e. The molecule has 1 N–H and O–H groups in total. The smallest absolute Gasteiger partial charge is 0.228 e. The van der Waals surface area contributed by atoms with Crippen molar-refractivity contribution >= 4 is 15.9 Å². The van der Waals surface area contributed by atoms with Crippen molar-refractivity contribution in [2.24, 2.45) is 0 Å². The number of hydrogen-bond donors (Lipinski definition) is 1. The van der Waals surface area contributed by atoms with E-state index in [4.69, 9.17) is 4.52 Å². The standard InChI is InChI=1S/C15H18BrN3O/c1-9-7-11(8-10(2)14(9)16)15-18-13(20-19-15)5-6-17-12-3-4-12/h7-8,12,17H,3-6H2,1-2H3. The number of halogens is 1. The quantitative estimate of drug-likeness (QED) is 0.909. The Kier molecular flexibility index (Phi) is 3.89. The van der Waals surface area contributed by atoms with Crippen LogP contribution in [0, 0.1) is 13.8 Å². The Bertz CT molecular complexity index is 596. The number of nitrogens with zero attached hydrogens (tertiary/aromatic N) is 2. The van der Waals surface area contributed by atoms with Crippen LogP contribution in [0.15, 0.2) is 21.1 Å². The molecule has 1 fully saturated rings. The zero-order chi connectivity index (χ0) is 14.1. The van der Waals surface area contributed by atoms with Gasteiger partial charge in [-0.15, -0.1) is 0 Å². The van der Waals surface area contributed by atoms with E-state index in [-0.39, 0.29) is 0 Å². The molecule has 0 saturated heterocycles. The van der Waals surface area contributed by atoms with Gasteiger partial charge in [-0.25, -0.2) is 0 Å². The van der Waals surface area contributed by atoms with Gasteiger partial charge >= 0.3 is 0 Å². The van der Waals surface area contributed by atoms with Crippen LogP contribution < -0.4 is 5.32 Å². The van der Waals surface area contributed by atoms with Crippen LogP contribution in [-0.4, -0.2) is 22.7 Å². The molecule has 3 rings (SSSR count). The molecule has 1 aliphatic carbocycles. The Morgan fingerprint density at radius 3 is 2.65 bits per heavy atom. The summed E-state index contributed by atoms with van der Waals surface area (Å²) in [6, 6.07) is 4.87. The van der Waals surface area contributed by atoms with E-state index in [1.165, 1.54) is 24.0 Å². The molecular formula is C15H18BrN3O. The molecule has 20 heavy (non-hydrogen) atoms. The minimum atomic E-state index is 0.671. The molecule has 0 spiro atoms. The van der Waals surface area contributed by atoms with Crippen LogP contribution in [0.1, 0.15) is 29.9 Å². The highest BCUT2D eigenvalue weighted by Gasteiger charge is 2.20. The van der Waals surface area contributed by atoms with E-state index in [1.54, 1.807) is 0 Å². The van der Waals surface area contributed by atoms with Crippen LogP contribution in [-0.2, 0) is 6.42 Å². The average Bonchev–Trinajstić information content (AvgIpc) is 3.12. The molecule has 1 saturated carbocycles. The van der Waals surface area contributed by atoms with Crippen LogP contribution in [0.2, 0.25) is 0 Å². The summed E-state index contributed by atoms with van der Waals surface area (Å²) in [5, 5.41) is 7.53. The lowest BCUT2D eigenvalue weighted by atomic mass is 10.1. The van der Waals surface area contributed by atoms with E-state index < -0.39 is 0 Å². The molecule has 1 heterocycles. The third kappa shape index (κ3) is 3.10. The van der Waals surface area contributed by atoms with Crippen LogP contribution in [0.3, 0.4) is 0 Å². The molecule has 2 aromatic rings. The Morgan fingerprint density at radius 2 is 2.00 bits per heavy atom. The van der Waals surface area contributed by atoms with Gasteiger partial charge < -0.3 is 9.84 Å². The summed E-state index contributed by atoms with van der Waals surface area (Å²) in [7, 11) is 0. The molecule has 1 aromatic heterocycles. The van der Waals surface area contributed by atoms with Gasteiger partial charge in [0.1, 0.15) is 0 Å². The van der Waals surface area contributed by atoms with Crippen molar-refractivity contribution in [2.75, 3.05) is 6.54 Å². The predicted molar refractivity (Wildman–Crippen MR) is 81.6 cm³/mol. The van der Waals surface area contributed by atoms with Crippen molar-refractivity contribution < 1.29 is 4.52 Å². The highest BCUT2D eigenvalue weighted by atomic mass is 79.9. The molecule has 0 radical (unpaired) electrons. The zero-order valence-corrected chi connectivity index (χ0v) is 13.3. The van der Waals surface area contributed by atoms with E-state index in [2.05, 4.69) is 57.4 Å². The highest BCUT2D eigenvalue weighted by Crippen LogP contribution is 2.27. The Hall–Kier alpha value is -1.20. The van der Waals surface area contributed by atoms with Crippen molar-refractivity contribution in [3.8, 4) is 11.4 Å². The molecular weight excluding hydrogens is 318 g/mol. The van der Waals surface area contributed by atoms with Gasteiger partial charge in [-0.3, -0.25) is 0 Å². The first-order valence-electron chi connectivity index (χ1n) is 6.96.